The van der Waals surface area contributed by atoms with Gasteiger partial charge >= 0.3 is 5.97 Å². The summed E-state index contributed by atoms with van der Waals surface area (Å²) in [7, 11) is 1.77. The first-order chi connectivity index (χ1) is 7.15. The minimum absolute atomic E-state index is 0.101. The molecule has 3 nitrogen and oxygen atoms in total. The fraction of sp³-hybridized carbons (Fsp3) is 0.182. The quantitative estimate of drug-likeness (QED) is 0.794. The fourth-order valence-corrected chi connectivity index (χ4v) is 1.17. The molecular weight excluding hydrogens is 197 g/mol. The van der Waals surface area contributed by atoms with E-state index in [0.717, 1.165) is 6.07 Å². The maximum absolute atomic E-state index is 12.9. The predicted octanol–water partition coefficient (Wildman–Crippen LogP) is 1.76. The molecule has 15 heavy (non-hydrogen) atoms. The van der Waals surface area contributed by atoms with Gasteiger partial charge in [0.05, 0.1) is 5.56 Å². The zero-order valence-electron chi connectivity index (χ0n) is 8.33. The fourth-order valence-electron chi connectivity index (χ4n) is 1.17. The molecular formula is C11H12FNO2. The molecule has 0 radical (unpaired) electrons. The average Bonchev–Trinajstić information content (AvgIpc) is 2.18. The maximum Gasteiger partial charge on any atom is 0.336 e. The molecule has 0 aliphatic rings. The molecule has 0 saturated heterocycles. The lowest BCUT2D eigenvalue weighted by atomic mass is 10.1. The molecule has 0 aliphatic carbocycles. The van der Waals surface area contributed by atoms with Gasteiger partial charge in [-0.3, -0.25) is 0 Å². The van der Waals surface area contributed by atoms with E-state index in [1.54, 1.807) is 19.2 Å². The van der Waals surface area contributed by atoms with Gasteiger partial charge in [-0.25, -0.2) is 9.18 Å². The molecule has 0 spiro atoms. The van der Waals surface area contributed by atoms with E-state index >= 15 is 0 Å². The Bertz CT molecular complexity index is 388. The number of hydrogen-bond donors (Lipinski definition) is 2. The van der Waals surface area contributed by atoms with Gasteiger partial charge in [0.15, 0.2) is 0 Å². The van der Waals surface area contributed by atoms with Crippen LogP contribution in [0.1, 0.15) is 15.9 Å². The highest BCUT2D eigenvalue weighted by Gasteiger charge is 2.07. The minimum atomic E-state index is -1.06. The summed E-state index contributed by atoms with van der Waals surface area (Å²) in [5.74, 6) is -1.50. The number of rotatable bonds is 4. The van der Waals surface area contributed by atoms with Crippen molar-refractivity contribution in [1.82, 2.24) is 5.32 Å². The highest BCUT2D eigenvalue weighted by molar-refractivity contribution is 5.92. The molecule has 4 heteroatoms. The van der Waals surface area contributed by atoms with Gasteiger partial charge in [-0.05, 0) is 30.8 Å². The number of likely N-dealkylation sites (N-methyl/N-ethyl adjacent to an activating group) is 1. The van der Waals surface area contributed by atoms with E-state index in [2.05, 4.69) is 5.32 Å². The predicted molar refractivity (Wildman–Crippen MR) is 56.3 cm³/mol. The molecule has 0 aliphatic heterocycles. The van der Waals surface area contributed by atoms with Crippen molar-refractivity contribution in [3.63, 3.8) is 0 Å². The van der Waals surface area contributed by atoms with Gasteiger partial charge in [-0.15, -0.1) is 0 Å². The van der Waals surface area contributed by atoms with E-state index in [9.17, 15) is 9.18 Å². The summed E-state index contributed by atoms with van der Waals surface area (Å²) in [6.07, 6.45) is 3.32. The Morgan fingerprint density at radius 2 is 2.33 bits per heavy atom. The number of carboxylic acids is 1. The van der Waals surface area contributed by atoms with Crippen molar-refractivity contribution >= 4 is 12.0 Å². The topological polar surface area (TPSA) is 49.3 Å². The molecule has 80 valence electrons. The average molecular weight is 209 g/mol. The number of benzene rings is 1. The van der Waals surface area contributed by atoms with E-state index in [0.29, 0.717) is 12.1 Å². The van der Waals surface area contributed by atoms with Gasteiger partial charge in [-0.2, -0.15) is 0 Å². The van der Waals surface area contributed by atoms with Crippen molar-refractivity contribution in [2.24, 2.45) is 0 Å². The Balaban J connectivity index is 3.02. The first-order valence-electron chi connectivity index (χ1n) is 4.49. The second-order valence-electron chi connectivity index (χ2n) is 3.00. The molecule has 1 aromatic rings. The zero-order chi connectivity index (χ0) is 11.3. The van der Waals surface area contributed by atoms with Crippen molar-refractivity contribution in [2.75, 3.05) is 13.6 Å². The van der Waals surface area contributed by atoms with Crippen LogP contribution in [0, 0.1) is 5.82 Å². The van der Waals surface area contributed by atoms with Crippen molar-refractivity contribution in [2.45, 2.75) is 0 Å². The van der Waals surface area contributed by atoms with Crippen LogP contribution in [-0.2, 0) is 0 Å². The number of halogens is 1. The Morgan fingerprint density at radius 3 is 2.93 bits per heavy atom. The van der Waals surface area contributed by atoms with Crippen LogP contribution in [0.25, 0.3) is 6.08 Å². The van der Waals surface area contributed by atoms with Crippen LogP contribution in [0.4, 0.5) is 4.39 Å². The highest BCUT2D eigenvalue weighted by Crippen LogP contribution is 2.13. The number of carbonyl (C=O) groups is 1. The Labute approximate surface area is 87.2 Å². The standard InChI is InChI=1S/C11H12FNO2/c1-13-6-2-3-8-7-9(12)4-5-10(8)11(14)15/h2-5,7,13H,6H2,1H3,(H,14,15). The van der Waals surface area contributed by atoms with Crippen molar-refractivity contribution in [3.05, 3.63) is 41.2 Å². The molecule has 0 saturated carbocycles. The summed E-state index contributed by atoms with van der Waals surface area (Å²) < 4.78 is 12.9. The van der Waals surface area contributed by atoms with Crippen LogP contribution in [0.3, 0.4) is 0 Å². The second kappa shape index (κ2) is 5.26. The van der Waals surface area contributed by atoms with Gasteiger partial charge in [-0.1, -0.05) is 12.2 Å². The summed E-state index contributed by atoms with van der Waals surface area (Å²) in [5, 5.41) is 11.7. The van der Waals surface area contributed by atoms with Gasteiger partial charge in [0, 0.05) is 6.54 Å². The monoisotopic (exact) mass is 209 g/mol. The Morgan fingerprint density at radius 1 is 1.60 bits per heavy atom. The van der Waals surface area contributed by atoms with Crippen LogP contribution in [-0.4, -0.2) is 24.7 Å². The van der Waals surface area contributed by atoms with Crippen LogP contribution >= 0.6 is 0 Å². The van der Waals surface area contributed by atoms with Crippen molar-refractivity contribution < 1.29 is 14.3 Å². The molecule has 0 bridgehead atoms. The van der Waals surface area contributed by atoms with Gasteiger partial charge < -0.3 is 10.4 Å². The van der Waals surface area contributed by atoms with Gasteiger partial charge in [0.25, 0.3) is 0 Å². The van der Waals surface area contributed by atoms with E-state index < -0.39 is 11.8 Å². The third-order valence-corrected chi connectivity index (χ3v) is 1.86. The molecule has 0 amide bonds. The van der Waals surface area contributed by atoms with Gasteiger partial charge in [0.1, 0.15) is 5.82 Å². The lowest BCUT2D eigenvalue weighted by molar-refractivity contribution is 0.0696. The molecule has 0 heterocycles. The highest BCUT2D eigenvalue weighted by atomic mass is 19.1. The molecule has 1 rings (SSSR count). The largest absolute Gasteiger partial charge is 0.478 e. The smallest absolute Gasteiger partial charge is 0.336 e. The summed E-state index contributed by atoms with van der Waals surface area (Å²) in [6, 6.07) is 3.60. The number of aromatic carboxylic acids is 1. The van der Waals surface area contributed by atoms with Crippen molar-refractivity contribution in [3.8, 4) is 0 Å². The SMILES string of the molecule is CNCC=Cc1cc(F)ccc1C(=O)O. The first-order valence-corrected chi connectivity index (χ1v) is 4.49. The van der Waals surface area contributed by atoms with Crippen LogP contribution in [0.15, 0.2) is 24.3 Å². The summed E-state index contributed by atoms with van der Waals surface area (Å²) in [6.45, 7) is 0.607. The molecule has 0 atom stereocenters. The summed E-state index contributed by atoms with van der Waals surface area (Å²) in [5.41, 5.74) is 0.474. The molecule has 0 aromatic heterocycles. The number of nitrogens with one attached hydrogen (secondary N) is 1. The normalized spacial score (nSPS) is 10.8. The second-order valence-corrected chi connectivity index (χ2v) is 3.00. The Kier molecular flexibility index (Phi) is 4.00. The summed E-state index contributed by atoms with van der Waals surface area (Å²) in [4.78, 5) is 10.8. The van der Waals surface area contributed by atoms with Crippen molar-refractivity contribution in [1.29, 1.82) is 0 Å². The molecule has 0 fully saturated rings. The molecule has 0 unspecified atom stereocenters. The van der Waals surface area contributed by atoms with Crippen LogP contribution in [0.5, 0.6) is 0 Å². The first kappa shape index (κ1) is 11.4. The van der Waals surface area contributed by atoms with Gasteiger partial charge in [0.2, 0.25) is 0 Å². The minimum Gasteiger partial charge on any atom is -0.478 e. The number of carboxylic acid groups (broad SMARTS) is 1. The third kappa shape index (κ3) is 3.18. The maximum atomic E-state index is 12.9. The van der Waals surface area contributed by atoms with E-state index in [1.165, 1.54) is 12.1 Å². The lowest BCUT2D eigenvalue weighted by Crippen LogP contribution is -2.04. The molecule has 1 aromatic carbocycles. The van der Waals surface area contributed by atoms with E-state index in [1.807, 2.05) is 0 Å². The van der Waals surface area contributed by atoms with Crippen LogP contribution in [0.2, 0.25) is 0 Å². The lowest BCUT2D eigenvalue weighted by Gasteiger charge is -2.00. The Hall–Kier alpha value is -1.68. The van der Waals surface area contributed by atoms with Crippen LogP contribution < -0.4 is 5.32 Å². The zero-order valence-corrected chi connectivity index (χ0v) is 8.33. The third-order valence-electron chi connectivity index (χ3n) is 1.86. The van der Waals surface area contributed by atoms with E-state index in [4.69, 9.17) is 5.11 Å². The van der Waals surface area contributed by atoms with E-state index in [-0.39, 0.29) is 5.56 Å². The number of hydrogen-bond acceptors (Lipinski definition) is 2. The summed E-state index contributed by atoms with van der Waals surface area (Å²) >= 11 is 0. The molecule has 2 N–H and O–H groups in total.